The van der Waals surface area contributed by atoms with E-state index >= 15 is 0 Å². The maximum atomic E-state index is 11.0. The molecular weight excluding hydrogens is 200 g/mol. The third-order valence-electron chi connectivity index (χ3n) is 2.74. The van der Waals surface area contributed by atoms with Crippen LogP contribution in [0.2, 0.25) is 0 Å². The molecule has 0 radical (unpaired) electrons. The second-order valence-electron chi connectivity index (χ2n) is 3.85. The summed E-state index contributed by atoms with van der Waals surface area (Å²) in [5.41, 5.74) is 2.12. The fourth-order valence-electron chi connectivity index (χ4n) is 2.15. The molecule has 1 aliphatic carbocycles. The van der Waals surface area contributed by atoms with Gasteiger partial charge in [-0.25, -0.2) is 0 Å². The van der Waals surface area contributed by atoms with Crippen LogP contribution in [0.5, 0.6) is 0 Å². The lowest BCUT2D eigenvalue weighted by Gasteiger charge is -2.04. The number of hydrogen-bond acceptors (Lipinski definition) is 2. The summed E-state index contributed by atoms with van der Waals surface area (Å²) in [6.45, 7) is 1.42. The van der Waals surface area contributed by atoms with Crippen molar-refractivity contribution in [3.63, 3.8) is 0 Å². The van der Waals surface area contributed by atoms with Crippen LogP contribution in [0.15, 0.2) is 36.4 Å². The molecule has 78 valence electrons. The molecule has 2 nitrogen and oxygen atoms in total. The van der Waals surface area contributed by atoms with Crippen LogP contribution in [-0.4, -0.2) is 5.97 Å². The Morgan fingerprint density at radius 2 is 1.88 bits per heavy atom. The van der Waals surface area contributed by atoms with Crippen molar-refractivity contribution in [3.05, 3.63) is 47.5 Å². The molecule has 0 saturated heterocycles. The van der Waals surface area contributed by atoms with Crippen molar-refractivity contribution in [3.8, 4) is 0 Å². The van der Waals surface area contributed by atoms with E-state index in [0.29, 0.717) is 5.76 Å². The zero-order chi connectivity index (χ0) is 11.1. The minimum Gasteiger partial charge on any atom is -0.426 e. The molecule has 0 aromatic heterocycles. The largest absolute Gasteiger partial charge is 0.426 e. The fraction of sp³-hybridized carbons (Fsp3) is 0.0714. The molecule has 2 aromatic carbocycles. The van der Waals surface area contributed by atoms with E-state index < -0.39 is 0 Å². The molecule has 1 aliphatic rings. The van der Waals surface area contributed by atoms with Crippen molar-refractivity contribution in [2.24, 2.45) is 0 Å². The number of benzene rings is 2. The van der Waals surface area contributed by atoms with Crippen LogP contribution in [-0.2, 0) is 9.53 Å². The Hall–Kier alpha value is -2.09. The molecule has 0 saturated carbocycles. The normalized spacial score (nSPS) is 12.7. The van der Waals surface area contributed by atoms with Crippen molar-refractivity contribution < 1.29 is 9.53 Å². The first-order chi connectivity index (χ1) is 7.75. The lowest BCUT2D eigenvalue weighted by atomic mass is 10.0. The van der Waals surface area contributed by atoms with Crippen molar-refractivity contribution in [1.82, 2.24) is 0 Å². The second kappa shape index (κ2) is 3.20. The van der Waals surface area contributed by atoms with Crippen molar-refractivity contribution in [1.29, 1.82) is 0 Å². The first-order valence-corrected chi connectivity index (χ1v) is 5.18. The number of ether oxygens (including phenoxy) is 1. The molecule has 0 fully saturated rings. The van der Waals surface area contributed by atoms with Crippen LogP contribution in [0.4, 0.5) is 0 Å². The predicted octanol–water partition coefficient (Wildman–Crippen LogP) is 3.21. The lowest BCUT2D eigenvalue weighted by molar-refractivity contribution is -0.134. The summed E-state index contributed by atoms with van der Waals surface area (Å²) in [4.78, 5) is 11.0. The first kappa shape index (κ1) is 9.16. The van der Waals surface area contributed by atoms with Crippen LogP contribution in [0, 0.1) is 0 Å². The Balaban J connectivity index is 2.25. The van der Waals surface area contributed by atoms with Crippen LogP contribution in [0.25, 0.3) is 22.6 Å². The third-order valence-corrected chi connectivity index (χ3v) is 2.74. The zero-order valence-corrected chi connectivity index (χ0v) is 8.86. The van der Waals surface area contributed by atoms with Gasteiger partial charge in [0, 0.05) is 12.5 Å². The van der Waals surface area contributed by atoms with E-state index in [1.807, 2.05) is 30.3 Å². The van der Waals surface area contributed by atoms with Gasteiger partial charge in [0.25, 0.3) is 0 Å². The van der Waals surface area contributed by atoms with Crippen molar-refractivity contribution in [2.45, 2.75) is 6.92 Å². The molecule has 0 heterocycles. The van der Waals surface area contributed by atoms with Gasteiger partial charge in [-0.05, 0) is 22.4 Å². The Morgan fingerprint density at radius 1 is 1.12 bits per heavy atom. The Bertz CT molecular complexity index is 618. The van der Waals surface area contributed by atoms with E-state index in [4.69, 9.17) is 4.74 Å². The highest BCUT2D eigenvalue weighted by atomic mass is 16.5. The van der Waals surface area contributed by atoms with Gasteiger partial charge in [0.2, 0.25) is 0 Å². The quantitative estimate of drug-likeness (QED) is 0.675. The van der Waals surface area contributed by atoms with E-state index in [2.05, 4.69) is 12.1 Å². The summed E-state index contributed by atoms with van der Waals surface area (Å²) in [5.74, 6) is 0.371. The highest BCUT2D eigenvalue weighted by Gasteiger charge is 2.18. The average molecular weight is 210 g/mol. The third kappa shape index (κ3) is 1.23. The van der Waals surface area contributed by atoms with E-state index in [0.717, 1.165) is 11.1 Å². The van der Waals surface area contributed by atoms with Gasteiger partial charge in [-0.1, -0.05) is 36.4 Å². The molecule has 2 aromatic rings. The SMILES string of the molecule is CC(=O)OC1=Cc2cccc3cccc1c23. The second-order valence-corrected chi connectivity index (χ2v) is 3.85. The highest BCUT2D eigenvalue weighted by molar-refractivity contribution is 6.08. The molecule has 0 atom stereocenters. The molecule has 0 N–H and O–H groups in total. The van der Waals surface area contributed by atoms with Gasteiger partial charge in [-0.3, -0.25) is 4.79 Å². The topological polar surface area (TPSA) is 26.3 Å². The molecule has 0 unspecified atom stereocenters. The van der Waals surface area contributed by atoms with Crippen molar-refractivity contribution in [2.75, 3.05) is 0 Å². The standard InChI is InChI=1S/C14H10O2/c1-9(15)16-13-8-11-6-2-4-10-5-3-7-12(13)14(10)11/h2-8H,1H3. The van der Waals surface area contributed by atoms with Gasteiger partial charge >= 0.3 is 5.97 Å². The van der Waals surface area contributed by atoms with E-state index in [9.17, 15) is 4.79 Å². The monoisotopic (exact) mass is 210 g/mol. The van der Waals surface area contributed by atoms with Gasteiger partial charge < -0.3 is 4.74 Å². The summed E-state index contributed by atoms with van der Waals surface area (Å²) < 4.78 is 5.21. The van der Waals surface area contributed by atoms with Gasteiger partial charge in [0.15, 0.2) is 0 Å². The molecule has 0 spiro atoms. The molecule has 0 aliphatic heterocycles. The van der Waals surface area contributed by atoms with E-state index in [1.54, 1.807) is 0 Å². The summed E-state index contributed by atoms with van der Waals surface area (Å²) in [6, 6.07) is 12.1. The fourth-order valence-corrected chi connectivity index (χ4v) is 2.15. The number of rotatable bonds is 1. The number of carbonyl (C=O) groups is 1. The summed E-state index contributed by atoms with van der Waals surface area (Å²) in [6.07, 6.45) is 1.92. The predicted molar refractivity (Wildman–Crippen MR) is 63.6 cm³/mol. The Morgan fingerprint density at radius 3 is 2.62 bits per heavy atom. The smallest absolute Gasteiger partial charge is 0.308 e. The molecular formula is C14H10O2. The zero-order valence-electron chi connectivity index (χ0n) is 8.86. The number of hydrogen-bond donors (Lipinski definition) is 0. The Kier molecular flexibility index (Phi) is 1.83. The number of esters is 1. The summed E-state index contributed by atoms with van der Waals surface area (Å²) >= 11 is 0. The van der Waals surface area contributed by atoms with Gasteiger partial charge in [-0.15, -0.1) is 0 Å². The summed E-state index contributed by atoms with van der Waals surface area (Å²) in [5, 5.41) is 2.34. The minimum absolute atomic E-state index is 0.281. The molecule has 0 amide bonds. The maximum absolute atomic E-state index is 11.0. The number of carbonyl (C=O) groups excluding carboxylic acids is 1. The first-order valence-electron chi connectivity index (χ1n) is 5.18. The van der Waals surface area contributed by atoms with Crippen LogP contribution >= 0.6 is 0 Å². The molecule has 3 rings (SSSR count). The van der Waals surface area contributed by atoms with Crippen LogP contribution < -0.4 is 0 Å². The minimum atomic E-state index is -0.281. The van der Waals surface area contributed by atoms with Gasteiger partial charge in [-0.2, -0.15) is 0 Å². The maximum Gasteiger partial charge on any atom is 0.308 e. The molecule has 2 heteroatoms. The van der Waals surface area contributed by atoms with Gasteiger partial charge in [0.1, 0.15) is 5.76 Å². The lowest BCUT2D eigenvalue weighted by Crippen LogP contribution is -1.96. The molecule has 16 heavy (non-hydrogen) atoms. The Labute approximate surface area is 93.2 Å². The van der Waals surface area contributed by atoms with E-state index in [1.165, 1.54) is 17.7 Å². The van der Waals surface area contributed by atoms with Crippen molar-refractivity contribution >= 4 is 28.6 Å². The van der Waals surface area contributed by atoms with Crippen LogP contribution in [0.3, 0.4) is 0 Å². The average Bonchev–Trinajstić information content (AvgIpc) is 2.59. The van der Waals surface area contributed by atoms with E-state index in [-0.39, 0.29) is 5.97 Å². The van der Waals surface area contributed by atoms with Crippen LogP contribution in [0.1, 0.15) is 18.1 Å². The van der Waals surface area contributed by atoms with Gasteiger partial charge in [0.05, 0.1) is 0 Å². The highest BCUT2D eigenvalue weighted by Crippen LogP contribution is 2.36. The summed E-state index contributed by atoms with van der Waals surface area (Å²) in [7, 11) is 0. The molecule has 0 bridgehead atoms.